The van der Waals surface area contributed by atoms with E-state index in [-0.39, 0.29) is 0 Å². The largest absolute Gasteiger partial charge is 0.368 e. The molecule has 2 N–H and O–H groups in total. The van der Waals surface area contributed by atoms with Gasteiger partial charge in [0, 0.05) is 24.2 Å². The maximum atomic E-state index is 5.78. The van der Waals surface area contributed by atoms with Crippen LogP contribution in [-0.4, -0.2) is 25.4 Å². The van der Waals surface area contributed by atoms with Gasteiger partial charge in [-0.2, -0.15) is 0 Å². The van der Waals surface area contributed by atoms with Gasteiger partial charge in [-0.3, -0.25) is 0 Å². The Hall–Kier alpha value is -0.670. The van der Waals surface area contributed by atoms with E-state index in [1.165, 1.54) is 21.7 Å². The maximum absolute atomic E-state index is 5.78. The van der Waals surface area contributed by atoms with Gasteiger partial charge >= 0.3 is 0 Å². The molecule has 1 heterocycles. The molecule has 1 aromatic rings. The fourth-order valence-corrected chi connectivity index (χ4v) is 3.55. The van der Waals surface area contributed by atoms with Crippen LogP contribution in [0.3, 0.4) is 0 Å². The van der Waals surface area contributed by atoms with Gasteiger partial charge in [-0.1, -0.05) is 12.1 Å². The third-order valence-electron chi connectivity index (χ3n) is 3.12. The van der Waals surface area contributed by atoms with Crippen LogP contribution >= 0.6 is 11.8 Å². The summed E-state index contributed by atoms with van der Waals surface area (Å²) in [6.07, 6.45) is 0. The van der Waals surface area contributed by atoms with Crippen LogP contribution in [0.15, 0.2) is 17.0 Å². The van der Waals surface area contributed by atoms with E-state index in [1.54, 1.807) is 0 Å². The molecule has 2 nitrogen and oxygen atoms in total. The highest BCUT2D eigenvalue weighted by molar-refractivity contribution is 7.99. The minimum absolute atomic E-state index is 0.475. The summed E-state index contributed by atoms with van der Waals surface area (Å²) >= 11 is 1.94. The van der Waals surface area contributed by atoms with Gasteiger partial charge in [-0.15, -0.1) is 11.8 Å². The van der Waals surface area contributed by atoms with Gasteiger partial charge < -0.3 is 10.6 Å². The number of hydrogen-bond acceptors (Lipinski definition) is 3. The van der Waals surface area contributed by atoms with Crippen molar-refractivity contribution in [3.63, 3.8) is 0 Å². The number of rotatable bonds is 1. The van der Waals surface area contributed by atoms with Gasteiger partial charge in [0.1, 0.15) is 0 Å². The molecule has 1 aromatic carbocycles. The molecule has 0 amide bonds. The van der Waals surface area contributed by atoms with Crippen molar-refractivity contribution < 1.29 is 0 Å². The van der Waals surface area contributed by atoms with Gasteiger partial charge in [0.2, 0.25) is 0 Å². The van der Waals surface area contributed by atoms with E-state index in [9.17, 15) is 0 Å². The van der Waals surface area contributed by atoms with Crippen LogP contribution in [0.4, 0.5) is 5.69 Å². The van der Waals surface area contributed by atoms with Gasteiger partial charge in [-0.25, -0.2) is 0 Å². The Morgan fingerprint density at radius 3 is 2.73 bits per heavy atom. The number of likely N-dealkylation sites (N-methyl/N-ethyl adjacent to an activating group) is 1. The molecule has 1 aliphatic heterocycles. The summed E-state index contributed by atoms with van der Waals surface area (Å²) in [4.78, 5) is 3.77. The van der Waals surface area contributed by atoms with Gasteiger partial charge in [0.05, 0.1) is 11.7 Å². The molecular formula is C12H18N2S. The minimum atomic E-state index is 0.475. The van der Waals surface area contributed by atoms with Crippen LogP contribution in [0.25, 0.3) is 0 Å². The van der Waals surface area contributed by atoms with Crippen LogP contribution in [-0.2, 0) is 0 Å². The number of thioether (sulfide) groups is 1. The lowest BCUT2D eigenvalue weighted by atomic mass is 10.1. The fourth-order valence-electron chi connectivity index (χ4n) is 2.09. The lowest BCUT2D eigenvalue weighted by Crippen LogP contribution is -2.42. The molecule has 3 heteroatoms. The third kappa shape index (κ3) is 1.74. The van der Waals surface area contributed by atoms with Crippen LogP contribution in [0.1, 0.15) is 11.1 Å². The van der Waals surface area contributed by atoms with Crippen LogP contribution in [0.2, 0.25) is 0 Å². The quantitative estimate of drug-likeness (QED) is 0.789. The van der Waals surface area contributed by atoms with E-state index in [2.05, 4.69) is 37.9 Å². The first-order valence-electron chi connectivity index (χ1n) is 5.31. The molecule has 0 saturated carbocycles. The predicted octanol–water partition coefficient (Wildman–Crippen LogP) is 2.17. The average Bonchev–Trinajstić information content (AvgIpc) is 2.23. The number of fused-ring (bicyclic) bond motifs is 1. The van der Waals surface area contributed by atoms with E-state index in [4.69, 9.17) is 5.73 Å². The number of aryl methyl sites for hydroxylation is 2. The first-order valence-corrected chi connectivity index (χ1v) is 6.29. The molecule has 0 spiro atoms. The maximum Gasteiger partial charge on any atom is 0.0537 e. The van der Waals surface area contributed by atoms with Crippen molar-refractivity contribution in [2.75, 3.05) is 24.2 Å². The molecule has 0 aromatic heterocycles. The van der Waals surface area contributed by atoms with Crippen molar-refractivity contribution in [2.24, 2.45) is 5.73 Å². The van der Waals surface area contributed by atoms with Crippen molar-refractivity contribution in [1.29, 1.82) is 0 Å². The Bertz CT molecular complexity index is 376. The molecular weight excluding hydrogens is 204 g/mol. The van der Waals surface area contributed by atoms with Crippen molar-refractivity contribution in [2.45, 2.75) is 24.8 Å². The van der Waals surface area contributed by atoms with Crippen molar-refractivity contribution >= 4 is 17.4 Å². The normalized spacial score (nSPS) is 20.3. The number of nitrogens with two attached hydrogens (primary N) is 1. The minimum Gasteiger partial charge on any atom is -0.368 e. The van der Waals surface area contributed by atoms with E-state index >= 15 is 0 Å². The standard InChI is InChI=1S/C12H18N2S/c1-8-4-5-9(2)12-11(8)14(3)10(6-13)7-15-12/h4-5,10H,6-7,13H2,1-3H3. The highest BCUT2D eigenvalue weighted by atomic mass is 32.2. The molecule has 0 aliphatic carbocycles. The van der Waals surface area contributed by atoms with Crippen LogP contribution in [0.5, 0.6) is 0 Å². The zero-order valence-electron chi connectivity index (χ0n) is 9.58. The Morgan fingerprint density at radius 1 is 1.40 bits per heavy atom. The highest BCUT2D eigenvalue weighted by Gasteiger charge is 2.25. The van der Waals surface area contributed by atoms with Crippen LogP contribution in [0, 0.1) is 13.8 Å². The van der Waals surface area contributed by atoms with E-state index in [1.807, 2.05) is 11.8 Å². The predicted molar refractivity (Wildman–Crippen MR) is 67.9 cm³/mol. The number of benzene rings is 1. The number of anilines is 1. The second-order valence-corrected chi connectivity index (χ2v) is 5.22. The summed E-state index contributed by atoms with van der Waals surface area (Å²) in [5.41, 5.74) is 9.89. The summed E-state index contributed by atoms with van der Waals surface area (Å²) < 4.78 is 0. The van der Waals surface area contributed by atoms with E-state index in [0.717, 1.165) is 12.3 Å². The number of hydrogen-bond donors (Lipinski definition) is 1. The van der Waals surface area contributed by atoms with Gasteiger partial charge in [0.15, 0.2) is 0 Å². The molecule has 0 bridgehead atoms. The first kappa shape index (κ1) is 10.8. The molecule has 1 atom stereocenters. The Balaban J connectivity index is 2.50. The molecule has 82 valence electrons. The van der Waals surface area contributed by atoms with Crippen molar-refractivity contribution in [3.8, 4) is 0 Å². The molecule has 0 fully saturated rings. The summed E-state index contributed by atoms with van der Waals surface area (Å²) in [6.45, 7) is 5.09. The van der Waals surface area contributed by atoms with Gasteiger partial charge in [-0.05, 0) is 25.0 Å². The second-order valence-electron chi connectivity index (χ2n) is 4.19. The molecule has 2 rings (SSSR count). The summed E-state index contributed by atoms with van der Waals surface area (Å²) in [7, 11) is 2.16. The number of nitrogens with zero attached hydrogens (tertiary/aromatic N) is 1. The monoisotopic (exact) mass is 222 g/mol. The second kappa shape index (κ2) is 4.06. The van der Waals surface area contributed by atoms with Crippen molar-refractivity contribution in [1.82, 2.24) is 0 Å². The summed E-state index contributed by atoms with van der Waals surface area (Å²) in [6, 6.07) is 4.88. The Morgan fingerprint density at radius 2 is 2.07 bits per heavy atom. The van der Waals surface area contributed by atoms with Gasteiger partial charge in [0.25, 0.3) is 0 Å². The average molecular weight is 222 g/mol. The lowest BCUT2D eigenvalue weighted by molar-refractivity contribution is 0.688. The third-order valence-corrected chi connectivity index (χ3v) is 4.48. The zero-order valence-corrected chi connectivity index (χ0v) is 10.4. The molecule has 0 saturated heterocycles. The fraction of sp³-hybridized carbons (Fsp3) is 0.500. The first-order chi connectivity index (χ1) is 7.15. The smallest absolute Gasteiger partial charge is 0.0537 e. The summed E-state index contributed by atoms with van der Waals surface area (Å²) in [5.74, 6) is 1.10. The topological polar surface area (TPSA) is 29.3 Å². The summed E-state index contributed by atoms with van der Waals surface area (Å²) in [5, 5.41) is 0. The Labute approximate surface area is 95.8 Å². The Kier molecular flexibility index (Phi) is 2.94. The molecule has 1 aliphatic rings. The molecule has 15 heavy (non-hydrogen) atoms. The zero-order chi connectivity index (χ0) is 11.0. The SMILES string of the molecule is Cc1ccc(C)c2c1SCC(CN)N2C. The highest BCUT2D eigenvalue weighted by Crippen LogP contribution is 2.40. The van der Waals surface area contributed by atoms with E-state index < -0.39 is 0 Å². The molecule has 1 unspecified atom stereocenters. The van der Waals surface area contributed by atoms with E-state index in [0.29, 0.717) is 6.04 Å². The van der Waals surface area contributed by atoms with Crippen molar-refractivity contribution in [3.05, 3.63) is 23.3 Å². The van der Waals surface area contributed by atoms with Crippen LogP contribution < -0.4 is 10.6 Å². The molecule has 0 radical (unpaired) electrons. The lowest BCUT2D eigenvalue weighted by Gasteiger charge is -2.36.